The Hall–Kier alpha value is -1.30. The maximum atomic E-state index is 8.07. The average Bonchev–Trinajstić information content (AvgIpc) is 2.36. The summed E-state index contributed by atoms with van der Waals surface area (Å²) in [5.74, 6) is 0. The first-order valence-corrected chi connectivity index (χ1v) is 5.28. The lowest BCUT2D eigenvalue weighted by Crippen LogP contribution is -2.02. The fourth-order valence-corrected chi connectivity index (χ4v) is 2.34. The molecular weight excluding hydrogens is 168 g/mol. The van der Waals surface area contributed by atoms with Crippen LogP contribution in [0.2, 0.25) is 0 Å². The van der Waals surface area contributed by atoms with Gasteiger partial charge in [-0.15, -0.1) is 0 Å². The van der Waals surface area contributed by atoms with E-state index in [-0.39, 0.29) is 0 Å². The van der Waals surface area contributed by atoms with Gasteiger partial charge < -0.3 is 0 Å². The van der Waals surface area contributed by atoms with Gasteiger partial charge in [0.1, 0.15) is 0 Å². The molecule has 0 heterocycles. The van der Waals surface area contributed by atoms with Crippen molar-refractivity contribution in [1.29, 1.82) is 0 Å². The van der Waals surface area contributed by atoms with Gasteiger partial charge in [-0.25, -0.2) is 0 Å². The van der Waals surface area contributed by atoms with E-state index in [1.807, 2.05) is 18.2 Å². The Morgan fingerprint density at radius 2 is 1.86 bits per heavy atom. The molecule has 2 aromatic rings. The molecule has 0 bridgehead atoms. The third kappa shape index (κ3) is 1.14. The summed E-state index contributed by atoms with van der Waals surface area (Å²) in [6.45, 7) is 0. The molecular formula is C14H14. The van der Waals surface area contributed by atoms with Crippen LogP contribution in [0.5, 0.6) is 0 Å². The Balaban J connectivity index is 2.45. The molecule has 0 saturated heterocycles. The predicted molar refractivity (Wildman–Crippen MR) is 60.6 cm³/mol. The predicted octanol–water partition coefficient (Wildman–Crippen LogP) is 3.72. The SMILES string of the molecule is [2H]c1c2c(c3ccccc3c1[2H])CCCC2. The smallest absolute Gasteiger partial charge is 0.0616 e. The number of benzene rings is 2. The molecule has 0 nitrogen and oxygen atoms in total. The van der Waals surface area contributed by atoms with Gasteiger partial charge in [0.15, 0.2) is 0 Å². The molecule has 70 valence electrons. The van der Waals surface area contributed by atoms with Gasteiger partial charge in [-0.1, -0.05) is 36.4 Å². The molecule has 0 aliphatic heterocycles. The highest BCUT2D eigenvalue weighted by atomic mass is 14.2. The number of hydrogen-bond donors (Lipinski definition) is 0. The van der Waals surface area contributed by atoms with E-state index in [1.165, 1.54) is 17.4 Å². The van der Waals surface area contributed by atoms with Crippen molar-refractivity contribution in [3.8, 4) is 0 Å². The summed E-state index contributed by atoms with van der Waals surface area (Å²) < 4.78 is 16.1. The summed E-state index contributed by atoms with van der Waals surface area (Å²) in [6.07, 6.45) is 4.43. The molecule has 0 unspecified atom stereocenters. The van der Waals surface area contributed by atoms with Gasteiger partial charge in [0, 0.05) is 0 Å². The second-order valence-corrected chi connectivity index (χ2v) is 3.96. The zero-order valence-corrected chi connectivity index (χ0v) is 8.14. The maximum absolute atomic E-state index is 8.07. The molecule has 1 aliphatic rings. The Labute approximate surface area is 87.4 Å². The fourth-order valence-electron chi connectivity index (χ4n) is 2.34. The van der Waals surface area contributed by atoms with Crippen LogP contribution in [-0.2, 0) is 12.8 Å². The third-order valence-electron chi connectivity index (χ3n) is 3.07. The van der Waals surface area contributed by atoms with Crippen LogP contribution < -0.4 is 0 Å². The van der Waals surface area contributed by atoms with Crippen molar-refractivity contribution in [2.24, 2.45) is 0 Å². The molecule has 0 aromatic heterocycles. The van der Waals surface area contributed by atoms with E-state index in [0.29, 0.717) is 12.1 Å². The first-order valence-electron chi connectivity index (χ1n) is 6.28. The maximum Gasteiger partial charge on any atom is 0.0629 e. The highest BCUT2D eigenvalue weighted by molar-refractivity contribution is 5.86. The van der Waals surface area contributed by atoms with Crippen LogP contribution in [0.3, 0.4) is 0 Å². The Bertz CT molecular complexity index is 558. The molecule has 0 radical (unpaired) electrons. The van der Waals surface area contributed by atoms with Crippen LogP contribution in [0.25, 0.3) is 10.8 Å². The van der Waals surface area contributed by atoms with E-state index in [4.69, 9.17) is 2.74 Å². The van der Waals surface area contributed by atoms with E-state index in [1.54, 1.807) is 0 Å². The zero-order chi connectivity index (χ0) is 11.1. The molecule has 3 rings (SSSR count). The molecule has 0 saturated carbocycles. The standard InChI is InChI=1S/C14H14/c1-3-7-13-11(5-1)9-10-12-6-2-4-8-14(12)13/h1,3,5,7,9-10H,2,4,6,8H2/i9D,10D. The summed E-state index contributed by atoms with van der Waals surface area (Å²) in [5.41, 5.74) is 2.44. The van der Waals surface area contributed by atoms with Gasteiger partial charge in [0.2, 0.25) is 0 Å². The van der Waals surface area contributed by atoms with Crippen molar-refractivity contribution in [2.45, 2.75) is 25.7 Å². The fraction of sp³-hybridized carbons (Fsp3) is 0.286. The van der Waals surface area contributed by atoms with Gasteiger partial charge in [-0.05, 0) is 47.6 Å². The molecule has 0 spiro atoms. The van der Waals surface area contributed by atoms with Crippen molar-refractivity contribution in [3.63, 3.8) is 0 Å². The van der Waals surface area contributed by atoms with E-state index in [2.05, 4.69) is 6.07 Å². The molecule has 0 fully saturated rings. The molecule has 0 heteroatoms. The number of fused-ring (bicyclic) bond motifs is 3. The van der Waals surface area contributed by atoms with Crippen LogP contribution in [0.1, 0.15) is 26.7 Å². The van der Waals surface area contributed by atoms with E-state index in [0.717, 1.165) is 30.2 Å². The van der Waals surface area contributed by atoms with Crippen LogP contribution in [-0.4, -0.2) is 0 Å². The van der Waals surface area contributed by atoms with Crippen molar-refractivity contribution in [1.82, 2.24) is 0 Å². The van der Waals surface area contributed by atoms with Gasteiger partial charge >= 0.3 is 0 Å². The van der Waals surface area contributed by atoms with E-state index < -0.39 is 0 Å². The Kier molecular flexibility index (Phi) is 1.39. The number of hydrogen-bond acceptors (Lipinski definition) is 0. The average molecular weight is 184 g/mol. The summed E-state index contributed by atoms with van der Waals surface area (Å²) in [6, 6.07) is 8.89. The van der Waals surface area contributed by atoms with E-state index in [9.17, 15) is 0 Å². The first-order chi connectivity index (χ1) is 7.79. The largest absolute Gasteiger partial charge is 0.0629 e. The molecule has 2 aromatic carbocycles. The van der Waals surface area contributed by atoms with Gasteiger partial charge in [-0.3, -0.25) is 0 Å². The van der Waals surface area contributed by atoms with Crippen LogP contribution in [0, 0.1) is 0 Å². The van der Waals surface area contributed by atoms with Gasteiger partial charge in [0.05, 0.1) is 2.74 Å². The first kappa shape index (κ1) is 6.23. The van der Waals surface area contributed by atoms with Crippen molar-refractivity contribution < 1.29 is 2.74 Å². The minimum atomic E-state index is 0.399. The number of aryl methyl sites for hydroxylation is 1. The van der Waals surface area contributed by atoms with Crippen LogP contribution in [0.15, 0.2) is 36.4 Å². The monoisotopic (exact) mass is 184 g/mol. The number of rotatable bonds is 0. The topological polar surface area (TPSA) is 0 Å². The summed E-state index contributed by atoms with van der Waals surface area (Å²) >= 11 is 0. The van der Waals surface area contributed by atoms with E-state index >= 15 is 0 Å². The Morgan fingerprint density at radius 1 is 1.00 bits per heavy atom. The summed E-state index contributed by atoms with van der Waals surface area (Å²) in [7, 11) is 0. The van der Waals surface area contributed by atoms with Crippen molar-refractivity contribution in [3.05, 3.63) is 47.5 Å². The van der Waals surface area contributed by atoms with Crippen LogP contribution in [0.4, 0.5) is 0 Å². The minimum absolute atomic E-state index is 0.399. The normalized spacial score (nSPS) is 17.4. The summed E-state index contributed by atoms with van der Waals surface area (Å²) in [4.78, 5) is 0. The molecule has 14 heavy (non-hydrogen) atoms. The molecule has 0 amide bonds. The second-order valence-electron chi connectivity index (χ2n) is 3.96. The Morgan fingerprint density at radius 3 is 2.86 bits per heavy atom. The molecule has 0 N–H and O–H groups in total. The second kappa shape index (κ2) is 3.13. The highest BCUT2D eigenvalue weighted by Crippen LogP contribution is 2.28. The lowest BCUT2D eigenvalue weighted by Gasteiger charge is -2.17. The lowest BCUT2D eigenvalue weighted by atomic mass is 9.88. The van der Waals surface area contributed by atoms with Crippen LogP contribution >= 0.6 is 0 Å². The molecule has 1 aliphatic carbocycles. The minimum Gasteiger partial charge on any atom is -0.0616 e. The van der Waals surface area contributed by atoms with Crippen molar-refractivity contribution in [2.75, 3.05) is 0 Å². The summed E-state index contributed by atoms with van der Waals surface area (Å²) in [5, 5.41) is 2.13. The zero-order valence-electron chi connectivity index (χ0n) is 10.1. The van der Waals surface area contributed by atoms with Gasteiger partial charge in [0.25, 0.3) is 0 Å². The van der Waals surface area contributed by atoms with Crippen molar-refractivity contribution >= 4 is 10.8 Å². The quantitative estimate of drug-likeness (QED) is 0.585. The lowest BCUT2D eigenvalue weighted by molar-refractivity contribution is 0.690. The molecule has 0 atom stereocenters. The van der Waals surface area contributed by atoms with Gasteiger partial charge in [-0.2, -0.15) is 0 Å². The third-order valence-corrected chi connectivity index (χ3v) is 3.07. The highest BCUT2D eigenvalue weighted by Gasteiger charge is 2.11.